The van der Waals surface area contributed by atoms with Crippen molar-refractivity contribution >= 4 is 16.8 Å². The number of carbonyl (C=O) groups is 1. The minimum absolute atomic E-state index is 0.207. The zero-order chi connectivity index (χ0) is 20.6. The number of unbranched alkanes of at least 4 members (excludes halogenated alkanes) is 2. The fourth-order valence-electron chi connectivity index (χ4n) is 3.55. The van der Waals surface area contributed by atoms with E-state index in [1.165, 1.54) is 4.57 Å². The van der Waals surface area contributed by atoms with Gasteiger partial charge in [0.2, 0.25) is 0 Å². The van der Waals surface area contributed by atoms with Gasteiger partial charge in [0.1, 0.15) is 0 Å². The molecule has 1 saturated heterocycles. The zero-order valence-electron chi connectivity index (χ0n) is 17.0. The monoisotopic (exact) mass is 402 g/mol. The van der Waals surface area contributed by atoms with Crippen LogP contribution < -0.4 is 16.6 Å². The maximum absolute atomic E-state index is 12.6. The fourth-order valence-corrected chi connectivity index (χ4v) is 3.55. The van der Waals surface area contributed by atoms with E-state index in [9.17, 15) is 14.4 Å². The third-order valence-electron chi connectivity index (χ3n) is 5.27. The van der Waals surface area contributed by atoms with Crippen LogP contribution in [0.1, 0.15) is 43.0 Å². The van der Waals surface area contributed by atoms with Crippen LogP contribution in [0.3, 0.4) is 0 Å². The Bertz CT molecular complexity index is 944. The predicted molar refractivity (Wildman–Crippen MR) is 113 cm³/mol. The third kappa shape index (κ3) is 5.55. The van der Waals surface area contributed by atoms with Gasteiger partial charge in [-0.2, -0.15) is 0 Å². The van der Waals surface area contributed by atoms with Crippen LogP contribution in [0.15, 0.2) is 27.8 Å². The zero-order valence-corrected chi connectivity index (χ0v) is 17.0. The van der Waals surface area contributed by atoms with E-state index in [4.69, 9.17) is 4.74 Å². The summed E-state index contributed by atoms with van der Waals surface area (Å²) < 4.78 is 6.56. The Kier molecular flexibility index (Phi) is 7.60. The number of hydrogen-bond acceptors (Lipinski definition) is 5. The molecule has 1 fully saturated rings. The first kappa shape index (κ1) is 21.3. The van der Waals surface area contributed by atoms with Crippen LogP contribution in [0.5, 0.6) is 0 Å². The quantitative estimate of drug-likeness (QED) is 0.617. The largest absolute Gasteiger partial charge is 0.379 e. The molecule has 8 heteroatoms. The lowest BCUT2D eigenvalue weighted by molar-refractivity contribution is 0.0374. The molecule has 8 nitrogen and oxygen atoms in total. The van der Waals surface area contributed by atoms with Crippen molar-refractivity contribution in [2.24, 2.45) is 0 Å². The molecule has 0 atom stereocenters. The third-order valence-corrected chi connectivity index (χ3v) is 5.27. The normalized spacial score (nSPS) is 14.9. The lowest BCUT2D eigenvalue weighted by atomic mass is 10.1. The van der Waals surface area contributed by atoms with E-state index < -0.39 is 5.69 Å². The average molecular weight is 402 g/mol. The van der Waals surface area contributed by atoms with Crippen LogP contribution in [-0.4, -0.2) is 59.8 Å². The number of nitrogens with one attached hydrogen (secondary N) is 2. The van der Waals surface area contributed by atoms with Crippen molar-refractivity contribution in [3.8, 4) is 0 Å². The first-order valence-electron chi connectivity index (χ1n) is 10.5. The molecule has 0 unspecified atom stereocenters. The van der Waals surface area contributed by atoms with Gasteiger partial charge >= 0.3 is 5.69 Å². The Hall–Kier alpha value is -2.45. The van der Waals surface area contributed by atoms with E-state index in [0.717, 1.165) is 58.5 Å². The van der Waals surface area contributed by atoms with Crippen molar-refractivity contribution in [3.63, 3.8) is 0 Å². The standard InChI is InChI=1S/C21H30N4O4/c1-2-3-4-10-25-20(27)17-7-6-16(15-18(17)23-21(25)28)19(26)22-8-5-9-24-11-13-29-14-12-24/h6-7,15H,2-5,8-14H2,1H3,(H,22,26)(H,23,28). The van der Waals surface area contributed by atoms with Gasteiger partial charge in [-0.15, -0.1) is 0 Å². The minimum atomic E-state index is -0.429. The van der Waals surface area contributed by atoms with E-state index in [1.807, 2.05) is 0 Å². The highest BCUT2D eigenvalue weighted by Crippen LogP contribution is 2.09. The molecule has 0 radical (unpaired) electrons. The summed E-state index contributed by atoms with van der Waals surface area (Å²) in [6, 6.07) is 4.83. The lowest BCUT2D eigenvalue weighted by Crippen LogP contribution is -2.38. The fraction of sp³-hybridized carbons (Fsp3) is 0.571. The molecular weight excluding hydrogens is 372 g/mol. The first-order chi connectivity index (χ1) is 14.1. The highest BCUT2D eigenvalue weighted by molar-refractivity contribution is 5.97. The smallest absolute Gasteiger partial charge is 0.328 e. The summed E-state index contributed by atoms with van der Waals surface area (Å²) in [5.41, 5.74) is 0.0920. The Morgan fingerprint density at radius 3 is 2.69 bits per heavy atom. The van der Waals surface area contributed by atoms with E-state index >= 15 is 0 Å². The van der Waals surface area contributed by atoms with Crippen LogP contribution in [0.4, 0.5) is 0 Å². The van der Waals surface area contributed by atoms with Crippen molar-refractivity contribution in [1.82, 2.24) is 19.8 Å². The topological polar surface area (TPSA) is 96.4 Å². The molecule has 2 aromatic rings. The molecule has 3 rings (SSSR count). The molecule has 1 aliphatic rings. The number of fused-ring (bicyclic) bond motifs is 1. The van der Waals surface area contributed by atoms with E-state index in [2.05, 4.69) is 22.1 Å². The molecule has 1 amide bonds. The molecule has 1 aromatic carbocycles. The molecule has 0 spiro atoms. The highest BCUT2D eigenvalue weighted by Gasteiger charge is 2.12. The number of H-pyrrole nitrogens is 1. The number of amides is 1. The van der Waals surface area contributed by atoms with Crippen LogP contribution >= 0.6 is 0 Å². The SMILES string of the molecule is CCCCCn1c(=O)[nH]c2cc(C(=O)NCCCN3CCOCC3)ccc2c1=O. The summed E-state index contributed by atoms with van der Waals surface area (Å²) in [6.07, 6.45) is 3.63. The molecule has 0 bridgehead atoms. The van der Waals surface area contributed by atoms with E-state index in [-0.39, 0.29) is 11.5 Å². The van der Waals surface area contributed by atoms with Crippen molar-refractivity contribution in [3.05, 3.63) is 44.6 Å². The minimum Gasteiger partial charge on any atom is -0.379 e. The number of carbonyl (C=O) groups excluding carboxylic acids is 1. The summed E-state index contributed by atoms with van der Waals surface area (Å²) in [5, 5.41) is 3.33. The number of nitrogens with zero attached hydrogens (tertiary/aromatic N) is 2. The molecule has 2 N–H and O–H groups in total. The molecule has 0 saturated carbocycles. The van der Waals surface area contributed by atoms with Gasteiger partial charge in [-0.05, 0) is 37.6 Å². The Morgan fingerprint density at radius 1 is 1.14 bits per heavy atom. The summed E-state index contributed by atoms with van der Waals surface area (Å²) in [7, 11) is 0. The Balaban J connectivity index is 1.62. The van der Waals surface area contributed by atoms with E-state index in [1.54, 1.807) is 18.2 Å². The molecular formula is C21H30N4O4. The summed E-state index contributed by atoms with van der Waals surface area (Å²) in [4.78, 5) is 42.4. The lowest BCUT2D eigenvalue weighted by Gasteiger charge is -2.26. The molecule has 1 aromatic heterocycles. The van der Waals surface area contributed by atoms with Crippen LogP contribution in [0.2, 0.25) is 0 Å². The van der Waals surface area contributed by atoms with Crippen molar-refractivity contribution < 1.29 is 9.53 Å². The van der Waals surface area contributed by atoms with Gasteiger partial charge in [-0.3, -0.25) is 19.1 Å². The number of aromatic nitrogens is 2. The average Bonchev–Trinajstić information content (AvgIpc) is 2.74. The molecule has 1 aliphatic heterocycles. The van der Waals surface area contributed by atoms with Gasteiger partial charge < -0.3 is 15.0 Å². The van der Waals surface area contributed by atoms with Crippen molar-refractivity contribution in [2.75, 3.05) is 39.4 Å². The summed E-state index contributed by atoms with van der Waals surface area (Å²) >= 11 is 0. The molecule has 29 heavy (non-hydrogen) atoms. The van der Waals surface area contributed by atoms with Gasteiger partial charge in [0, 0.05) is 31.7 Å². The van der Waals surface area contributed by atoms with E-state index in [0.29, 0.717) is 29.6 Å². The second-order valence-electron chi connectivity index (χ2n) is 7.42. The maximum atomic E-state index is 12.6. The number of morpholine rings is 1. The Labute approximate surface area is 169 Å². The Morgan fingerprint density at radius 2 is 1.93 bits per heavy atom. The molecule has 158 valence electrons. The molecule has 2 heterocycles. The number of ether oxygens (including phenoxy) is 1. The number of hydrogen-bond donors (Lipinski definition) is 2. The number of benzene rings is 1. The number of aromatic amines is 1. The maximum Gasteiger partial charge on any atom is 0.328 e. The van der Waals surface area contributed by atoms with Crippen LogP contribution in [-0.2, 0) is 11.3 Å². The van der Waals surface area contributed by atoms with Gasteiger partial charge in [0.15, 0.2) is 0 Å². The second-order valence-corrected chi connectivity index (χ2v) is 7.42. The van der Waals surface area contributed by atoms with Crippen molar-refractivity contribution in [1.29, 1.82) is 0 Å². The van der Waals surface area contributed by atoms with Crippen LogP contribution in [0, 0.1) is 0 Å². The van der Waals surface area contributed by atoms with Crippen LogP contribution in [0.25, 0.3) is 10.9 Å². The summed E-state index contributed by atoms with van der Waals surface area (Å²) in [5.74, 6) is -0.207. The van der Waals surface area contributed by atoms with Gasteiger partial charge in [0.25, 0.3) is 11.5 Å². The second kappa shape index (κ2) is 10.4. The summed E-state index contributed by atoms with van der Waals surface area (Å²) in [6.45, 7) is 7.37. The van der Waals surface area contributed by atoms with Gasteiger partial charge in [-0.1, -0.05) is 19.8 Å². The highest BCUT2D eigenvalue weighted by atomic mass is 16.5. The van der Waals surface area contributed by atoms with Gasteiger partial charge in [-0.25, -0.2) is 4.79 Å². The van der Waals surface area contributed by atoms with Gasteiger partial charge in [0.05, 0.1) is 24.1 Å². The predicted octanol–water partition coefficient (Wildman–Crippen LogP) is 1.33. The first-order valence-corrected chi connectivity index (χ1v) is 10.5. The van der Waals surface area contributed by atoms with Crippen molar-refractivity contribution in [2.45, 2.75) is 39.2 Å². The molecule has 0 aliphatic carbocycles. The number of rotatable bonds is 9.